The van der Waals surface area contributed by atoms with Crippen molar-refractivity contribution in [1.82, 2.24) is 4.90 Å². The molecule has 1 aliphatic heterocycles. The van der Waals surface area contributed by atoms with Crippen LogP contribution in [0.5, 0.6) is 0 Å². The van der Waals surface area contributed by atoms with E-state index in [0.717, 1.165) is 10.5 Å². The average molecular weight is 303 g/mol. The van der Waals surface area contributed by atoms with Crippen LogP contribution in [0.2, 0.25) is 0 Å². The monoisotopic (exact) mass is 303 g/mol. The van der Waals surface area contributed by atoms with Gasteiger partial charge in [-0.1, -0.05) is 44.2 Å². The summed E-state index contributed by atoms with van der Waals surface area (Å²) >= 11 is 0. The van der Waals surface area contributed by atoms with E-state index < -0.39 is 12.0 Å². The summed E-state index contributed by atoms with van der Waals surface area (Å²) < 4.78 is 5.32. The maximum Gasteiger partial charge on any atom is 0.329 e. The van der Waals surface area contributed by atoms with Crippen LogP contribution in [0.1, 0.15) is 38.7 Å². The second-order valence-corrected chi connectivity index (χ2v) is 5.79. The van der Waals surface area contributed by atoms with Crippen molar-refractivity contribution >= 4 is 17.8 Å². The summed E-state index contributed by atoms with van der Waals surface area (Å²) in [6, 6.07) is 8.47. The lowest BCUT2D eigenvalue weighted by molar-refractivity contribution is -0.166. The minimum absolute atomic E-state index is 0.138. The number of nitrogens with zero attached hydrogens (tertiary/aromatic N) is 1. The van der Waals surface area contributed by atoms with Crippen molar-refractivity contribution in [2.45, 2.75) is 45.8 Å². The lowest BCUT2D eigenvalue weighted by Crippen LogP contribution is -2.53. The predicted molar refractivity (Wildman–Crippen MR) is 80.6 cm³/mol. The largest absolute Gasteiger partial charge is 0.459 e. The van der Waals surface area contributed by atoms with Gasteiger partial charge in [-0.2, -0.15) is 0 Å². The smallest absolute Gasteiger partial charge is 0.329 e. The number of esters is 1. The topological polar surface area (TPSA) is 63.7 Å². The minimum atomic E-state index is -0.844. The zero-order chi connectivity index (χ0) is 16.1. The molecule has 1 fully saturated rings. The average Bonchev–Trinajstić information content (AvgIpc) is 2.49. The second-order valence-electron chi connectivity index (χ2n) is 5.79. The van der Waals surface area contributed by atoms with Crippen LogP contribution in [-0.2, 0) is 25.7 Å². The Hall–Kier alpha value is -2.17. The maximum absolute atomic E-state index is 12.4. The van der Waals surface area contributed by atoms with E-state index >= 15 is 0 Å². The number of hydrogen-bond acceptors (Lipinski definition) is 4. The number of carbonyl (C=O) groups excluding carboxylic acids is 3. The molecule has 0 radical (unpaired) electrons. The Bertz CT molecular complexity index is 537. The molecule has 0 saturated carbocycles. The van der Waals surface area contributed by atoms with Crippen LogP contribution in [0.15, 0.2) is 30.3 Å². The number of carbonyl (C=O) groups is 3. The van der Waals surface area contributed by atoms with Crippen LogP contribution in [0.25, 0.3) is 0 Å². The number of ether oxygens (including phenoxy) is 1. The molecule has 0 unspecified atom stereocenters. The lowest BCUT2D eigenvalue weighted by Gasteiger charge is -2.33. The van der Waals surface area contributed by atoms with Gasteiger partial charge in [-0.05, 0) is 17.9 Å². The summed E-state index contributed by atoms with van der Waals surface area (Å²) in [5, 5.41) is 0. The third kappa shape index (κ3) is 3.72. The third-order valence-electron chi connectivity index (χ3n) is 3.69. The van der Waals surface area contributed by atoms with Crippen molar-refractivity contribution in [2.75, 3.05) is 0 Å². The first-order valence-corrected chi connectivity index (χ1v) is 7.56. The first kappa shape index (κ1) is 16.2. The molecule has 118 valence electrons. The van der Waals surface area contributed by atoms with Gasteiger partial charge in [0.25, 0.3) is 0 Å². The molecule has 0 bridgehead atoms. The number of benzene rings is 1. The van der Waals surface area contributed by atoms with Crippen molar-refractivity contribution in [3.63, 3.8) is 0 Å². The Morgan fingerprint density at radius 2 is 1.73 bits per heavy atom. The minimum Gasteiger partial charge on any atom is -0.459 e. The first-order valence-electron chi connectivity index (χ1n) is 7.56. The molecule has 2 amide bonds. The molecule has 5 nitrogen and oxygen atoms in total. The third-order valence-corrected chi connectivity index (χ3v) is 3.69. The number of rotatable bonds is 5. The Kier molecular flexibility index (Phi) is 5.31. The van der Waals surface area contributed by atoms with Crippen molar-refractivity contribution in [3.8, 4) is 0 Å². The molecular formula is C17H21NO4. The number of piperidine rings is 1. The first-order chi connectivity index (χ1) is 10.5. The molecule has 1 atom stereocenters. The molecule has 1 aromatic rings. The van der Waals surface area contributed by atoms with Gasteiger partial charge in [-0.25, -0.2) is 4.79 Å². The van der Waals surface area contributed by atoms with Crippen LogP contribution in [0, 0.1) is 5.92 Å². The number of hydrogen-bond donors (Lipinski definition) is 0. The highest BCUT2D eigenvalue weighted by atomic mass is 16.5. The van der Waals surface area contributed by atoms with Crippen LogP contribution in [0.4, 0.5) is 0 Å². The Morgan fingerprint density at radius 3 is 2.27 bits per heavy atom. The Labute approximate surface area is 130 Å². The number of imide groups is 1. The lowest BCUT2D eigenvalue weighted by atomic mass is 9.98. The predicted octanol–water partition coefficient (Wildman–Crippen LogP) is 2.29. The van der Waals surface area contributed by atoms with E-state index in [1.54, 1.807) is 0 Å². The van der Waals surface area contributed by atoms with Gasteiger partial charge in [-0.3, -0.25) is 14.5 Å². The molecule has 0 spiro atoms. The quantitative estimate of drug-likeness (QED) is 0.618. The van der Waals surface area contributed by atoms with Gasteiger partial charge in [0.2, 0.25) is 11.8 Å². The molecule has 1 aliphatic rings. The SMILES string of the molecule is CC(C)[C@@H](C(=O)OCc1ccccc1)N1C(=O)CCCC1=O. The highest BCUT2D eigenvalue weighted by Gasteiger charge is 2.39. The van der Waals surface area contributed by atoms with Crippen LogP contribution < -0.4 is 0 Å². The molecule has 1 aromatic carbocycles. The number of amides is 2. The highest BCUT2D eigenvalue weighted by Crippen LogP contribution is 2.21. The molecule has 0 aliphatic carbocycles. The zero-order valence-corrected chi connectivity index (χ0v) is 13.0. The van der Waals surface area contributed by atoms with Gasteiger partial charge in [0, 0.05) is 12.8 Å². The van der Waals surface area contributed by atoms with Gasteiger partial charge in [0.1, 0.15) is 12.6 Å². The normalized spacial score (nSPS) is 16.8. The van der Waals surface area contributed by atoms with Gasteiger partial charge >= 0.3 is 5.97 Å². The Balaban J connectivity index is 2.08. The van der Waals surface area contributed by atoms with E-state index in [-0.39, 0.29) is 24.3 Å². The molecular weight excluding hydrogens is 282 g/mol. The highest BCUT2D eigenvalue weighted by molar-refractivity contribution is 6.01. The molecule has 2 rings (SSSR count). The van der Waals surface area contributed by atoms with Crippen molar-refractivity contribution in [3.05, 3.63) is 35.9 Å². The van der Waals surface area contributed by atoms with E-state index in [0.29, 0.717) is 19.3 Å². The molecule has 0 aromatic heterocycles. The van der Waals surface area contributed by atoms with Gasteiger partial charge < -0.3 is 4.74 Å². The molecule has 0 N–H and O–H groups in total. The van der Waals surface area contributed by atoms with Crippen molar-refractivity contribution < 1.29 is 19.1 Å². The standard InChI is InChI=1S/C17H21NO4/c1-12(2)16(18-14(19)9-6-10-15(18)20)17(21)22-11-13-7-4-3-5-8-13/h3-5,7-8,12,16H,6,9-11H2,1-2H3/t16-/m0/s1. The van der Waals surface area contributed by atoms with Crippen LogP contribution in [-0.4, -0.2) is 28.7 Å². The van der Waals surface area contributed by atoms with Crippen molar-refractivity contribution in [1.29, 1.82) is 0 Å². The van der Waals surface area contributed by atoms with Crippen LogP contribution in [0.3, 0.4) is 0 Å². The Morgan fingerprint density at radius 1 is 1.14 bits per heavy atom. The van der Waals surface area contributed by atoms with E-state index in [1.165, 1.54) is 0 Å². The molecule has 1 heterocycles. The maximum atomic E-state index is 12.4. The van der Waals surface area contributed by atoms with Gasteiger partial charge in [-0.15, -0.1) is 0 Å². The molecule has 1 saturated heterocycles. The summed E-state index contributed by atoms with van der Waals surface area (Å²) in [5.74, 6) is -1.28. The summed E-state index contributed by atoms with van der Waals surface area (Å²) in [6.07, 6.45) is 1.17. The molecule has 5 heteroatoms. The fraction of sp³-hybridized carbons (Fsp3) is 0.471. The summed E-state index contributed by atoms with van der Waals surface area (Å²) in [7, 11) is 0. The van der Waals surface area contributed by atoms with E-state index in [2.05, 4.69) is 0 Å². The van der Waals surface area contributed by atoms with Crippen molar-refractivity contribution in [2.24, 2.45) is 5.92 Å². The van der Waals surface area contributed by atoms with Gasteiger partial charge in [0.15, 0.2) is 0 Å². The summed E-state index contributed by atoms with van der Waals surface area (Å²) in [5.41, 5.74) is 0.870. The zero-order valence-electron chi connectivity index (χ0n) is 13.0. The fourth-order valence-corrected chi connectivity index (χ4v) is 2.57. The number of likely N-dealkylation sites (tertiary alicyclic amines) is 1. The van der Waals surface area contributed by atoms with E-state index in [4.69, 9.17) is 4.74 Å². The second kappa shape index (κ2) is 7.20. The molecule has 22 heavy (non-hydrogen) atoms. The summed E-state index contributed by atoms with van der Waals surface area (Å²) in [4.78, 5) is 37.5. The van der Waals surface area contributed by atoms with Gasteiger partial charge in [0.05, 0.1) is 0 Å². The summed E-state index contributed by atoms with van der Waals surface area (Å²) in [6.45, 7) is 3.76. The van der Waals surface area contributed by atoms with Crippen LogP contribution >= 0.6 is 0 Å². The fourth-order valence-electron chi connectivity index (χ4n) is 2.57. The van der Waals surface area contributed by atoms with E-state index in [1.807, 2.05) is 44.2 Å². The van der Waals surface area contributed by atoms with E-state index in [9.17, 15) is 14.4 Å².